The molecule has 19 heavy (non-hydrogen) atoms. The fraction of sp³-hybridized carbons (Fsp3) is 0.273. The maximum absolute atomic E-state index is 12.3. The lowest BCUT2D eigenvalue weighted by atomic mass is 10.2. The Morgan fingerprint density at radius 1 is 1.32 bits per heavy atom. The molecule has 8 heteroatoms. The number of aryl methyl sites for hydroxylation is 1. The fourth-order valence-corrected chi connectivity index (χ4v) is 3.21. The molecule has 1 aromatic rings. The summed E-state index contributed by atoms with van der Waals surface area (Å²) in [6.07, 6.45) is 0. The van der Waals surface area contributed by atoms with Crippen LogP contribution in [0.25, 0.3) is 0 Å². The SMILES string of the molecule is Cc1cc(Cl)c(S(=O)(=O)N(CC#N)CC#N)cc1N. The van der Waals surface area contributed by atoms with Gasteiger partial charge in [-0.2, -0.15) is 14.8 Å². The Hall–Kier alpha value is -1.80. The highest BCUT2D eigenvalue weighted by Crippen LogP contribution is 2.28. The monoisotopic (exact) mass is 298 g/mol. The maximum Gasteiger partial charge on any atom is 0.246 e. The first kappa shape index (κ1) is 15.3. The van der Waals surface area contributed by atoms with Gasteiger partial charge in [0.1, 0.15) is 18.0 Å². The molecule has 6 nitrogen and oxygen atoms in total. The van der Waals surface area contributed by atoms with Crippen molar-refractivity contribution in [1.29, 1.82) is 10.5 Å². The van der Waals surface area contributed by atoms with Crippen molar-refractivity contribution in [2.75, 3.05) is 18.8 Å². The second-order valence-electron chi connectivity index (χ2n) is 3.73. The van der Waals surface area contributed by atoms with Crippen LogP contribution in [0.2, 0.25) is 5.02 Å². The molecule has 0 aromatic heterocycles. The summed E-state index contributed by atoms with van der Waals surface area (Å²) in [5.41, 5.74) is 6.59. The maximum atomic E-state index is 12.3. The van der Waals surface area contributed by atoms with E-state index in [9.17, 15) is 8.42 Å². The van der Waals surface area contributed by atoms with Crippen molar-refractivity contribution in [2.45, 2.75) is 11.8 Å². The highest BCUT2D eigenvalue weighted by atomic mass is 35.5. The topological polar surface area (TPSA) is 111 Å². The van der Waals surface area contributed by atoms with E-state index in [0.717, 1.165) is 4.31 Å². The Morgan fingerprint density at radius 3 is 2.32 bits per heavy atom. The molecule has 1 aromatic carbocycles. The predicted molar refractivity (Wildman–Crippen MR) is 70.6 cm³/mol. The Kier molecular flexibility index (Phi) is 4.73. The number of benzene rings is 1. The number of hydrogen-bond donors (Lipinski definition) is 1. The van der Waals surface area contributed by atoms with Crippen molar-refractivity contribution in [2.24, 2.45) is 0 Å². The largest absolute Gasteiger partial charge is 0.398 e. The summed E-state index contributed by atoms with van der Waals surface area (Å²) in [7, 11) is -4.02. The van der Waals surface area contributed by atoms with Crippen LogP contribution in [0, 0.1) is 29.6 Å². The highest BCUT2D eigenvalue weighted by molar-refractivity contribution is 7.89. The molecule has 0 radical (unpaired) electrons. The number of rotatable bonds is 4. The van der Waals surface area contributed by atoms with Crippen LogP contribution in [0.5, 0.6) is 0 Å². The van der Waals surface area contributed by atoms with E-state index in [4.69, 9.17) is 27.9 Å². The average Bonchev–Trinajstić information content (AvgIpc) is 2.33. The lowest BCUT2D eigenvalue weighted by Gasteiger charge is -2.17. The Morgan fingerprint density at radius 2 is 1.84 bits per heavy atom. The molecule has 2 N–H and O–H groups in total. The van der Waals surface area contributed by atoms with Crippen molar-refractivity contribution in [1.82, 2.24) is 4.31 Å². The normalized spacial score (nSPS) is 11.0. The molecule has 0 atom stereocenters. The average molecular weight is 299 g/mol. The van der Waals surface area contributed by atoms with Crippen LogP contribution in [0.15, 0.2) is 17.0 Å². The minimum absolute atomic E-state index is 0.00702. The van der Waals surface area contributed by atoms with Crippen molar-refractivity contribution < 1.29 is 8.42 Å². The van der Waals surface area contributed by atoms with Gasteiger partial charge in [-0.05, 0) is 24.6 Å². The molecular formula is C11H11ClN4O2S. The molecular weight excluding hydrogens is 288 g/mol. The molecule has 0 amide bonds. The van der Waals surface area contributed by atoms with Crippen LogP contribution >= 0.6 is 11.6 Å². The predicted octanol–water partition coefficient (Wildman–Crippen LogP) is 1.27. The van der Waals surface area contributed by atoms with Crippen LogP contribution < -0.4 is 5.73 Å². The van der Waals surface area contributed by atoms with E-state index in [-0.39, 0.29) is 15.6 Å². The molecule has 0 aliphatic heterocycles. The molecule has 0 aliphatic rings. The quantitative estimate of drug-likeness (QED) is 0.664. The third kappa shape index (κ3) is 3.15. The van der Waals surface area contributed by atoms with E-state index in [0.29, 0.717) is 5.56 Å². The summed E-state index contributed by atoms with van der Waals surface area (Å²) in [6, 6.07) is 6.05. The van der Waals surface area contributed by atoms with Gasteiger partial charge in [-0.15, -0.1) is 0 Å². The first-order chi connectivity index (χ1) is 8.84. The van der Waals surface area contributed by atoms with Gasteiger partial charge in [0, 0.05) is 5.69 Å². The zero-order valence-electron chi connectivity index (χ0n) is 10.1. The second kappa shape index (κ2) is 5.89. The molecule has 0 aliphatic carbocycles. The zero-order valence-corrected chi connectivity index (χ0v) is 11.7. The van der Waals surface area contributed by atoms with E-state index >= 15 is 0 Å². The zero-order chi connectivity index (χ0) is 14.6. The van der Waals surface area contributed by atoms with Gasteiger partial charge in [-0.3, -0.25) is 0 Å². The first-order valence-corrected chi connectivity index (χ1v) is 6.96. The standard InChI is InChI=1S/C11H11ClN4O2S/c1-8-6-9(12)11(7-10(8)15)19(17,18)16(4-2-13)5-3-14/h6-7H,4-5,15H2,1H3. The van der Waals surface area contributed by atoms with E-state index in [1.807, 2.05) is 0 Å². The summed E-state index contributed by atoms with van der Waals surface area (Å²) in [6.45, 7) is 0.833. The molecule has 100 valence electrons. The minimum Gasteiger partial charge on any atom is -0.398 e. The summed E-state index contributed by atoms with van der Waals surface area (Å²) in [4.78, 5) is -0.206. The third-order valence-electron chi connectivity index (χ3n) is 2.43. The molecule has 0 unspecified atom stereocenters. The molecule has 0 fully saturated rings. The molecule has 0 spiro atoms. The van der Waals surface area contributed by atoms with Gasteiger partial charge in [0.25, 0.3) is 0 Å². The van der Waals surface area contributed by atoms with Crippen molar-refractivity contribution in [3.63, 3.8) is 0 Å². The lowest BCUT2D eigenvalue weighted by molar-refractivity contribution is 0.479. The minimum atomic E-state index is -4.02. The Bertz CT molecular complexity index is 657. The van der Waals surface area contributed by atoms with E-state index in [2.05, 4.69) is 0 Å². The summed E-state index contributed by atoms with van der Waals surface area (Å²) in [5.74, 6) is 0. The van der Waals surface area contributed by atoms with E-state index < -0.39 is 23.1 Å². The van der Waals surface area contributed by atoms with Crippen LogP contribution in [-0.4, -0.2) is 25.8 Å². The number of anilines is 1. The Balaban J connectivity index is 3.38. The van der Waals surface area contributed by atoms with Gasteiger partial charge in [-0.1, -0.05) is 11.6 Å². The van der Waals surface area contributed by atoms with Gasteiger partial charge in [-0.25, -0.2) is 8.42 Å². The number of nitrogens with zero attached hydrogens (tertiary/aromatic N) is 3. The smallest absolute Gasteiger partial charge is 0.246 e. The third-order valence-corrected chi connectivity index (χ3v) is 4.69. The second-order valence-corrected chi connectivity index (χ2v) is 6.04. The first-order valence-electron chi connectivity index (χ1n) is 5.14. The lowest BCUT2D eigenvalue weighted by Crippen LogP contribution is -2.32. The van der Waals surface area contributed by atoms with Gasteiger partial charge in [0.15, 0.2) is 0 Å². The number of hydrogen-bond acceptors (Lipinski definition) is 5. The van der Waals surface area contributed by atoms with Crippen LogP contribution in [0.4, 0.5) is 5.69 Å². The number of halogens is 1. The molecule has 0 saturated heterocycles. The van der Waals surface area contributed by atoms with Gasteiger partial charge in [0.2, 0.25) is 10.0 Å². The van der Waals surface area contributed by atoms with Crippen LogP contribution in [-0.2, 0) is 10.0 Å². The number of sulfonamides is 1. The summed E-state index contributed by atoms with van der Waals surface area (Å²) < 4.78 is 25.3. The van der Waals surface area contributed by atoms with Gasteiger partial charge in [0.05, 0.1) is 17.2 Å². The van der Waals surface area contributed by atoms with Crippen molar-refractivity contribution >= 4 is 27.3 Å². The molecule has 0 saturated carbocycles. The molecule has 0 heterocycles. The highest BCUT2D eigenvalue weighted by Gasteiger charge is 2.27. The molecule has 1 rings (SSSR count). The van der Waals surface area contributed by atoms with Crippen molar-refractivity contribution in [3.05, 3.63) is 22.7 Å². The fourth-order valence-electron chi connectivity index (χ4n) is 1.39. The number of nitrogens with two attached hydrogens (primary N) is 1. The van der Waals surface area contributed by atoms with Crippen LogP contribution in [0.1, 0.15) is 5.56 Å². The molecule has 0 bridgehead atoms. The Labute approximate surface area is 116 Å². The number of nitrogen functional groups attached to an aromatic ring is 1. The van der Waals surface area contributed by atoms with Gasteiger partial charge < -0.3 is 5.73 Å². The number of nitriles is 2. The summed E-state index contributed by atoms with van der Waals surface area (Å²) in [5, 5.41) is 17.2. The van der Waals surface area contributed by atoms with E-state index in [1.165, 1.54) is 12.1 Å². The van der Waals surface area contributed by atoms with Crippen molar-refractivity contribution in [3.8, 4) is 12.1 Å². The van der Waals surface area contributed by atoms with Gasteiger partial charge >= 0.3 is 0 Å². The van der Waals surface area contributed by atoms with Crippen LogP contribution in [0.3, 0.4) is 0 Å². The van der Waals surface area contributed by atoms with E-state index in [1.54, 1.807) is 19.1 Å². The summed E-state index contributed by atoms with van der Waals surface area (Å²) >= 11 is 5.90.